The summed E-state index contributed by atoms with van der Waals surface area (Å²) >= 11 is 0. The van der Waals surface area contributed by atoms with E-state index in [-0.39, 0.29) is 42.9 Å². The van der Waals surface area contributed by atoms with Gasteiger partial charge in [0.25, 0.3) is 0 Å². The van der Waals surface area contributed by atoms with Crippen molar-refractivity contribution in [3.8, 4) is 0 Å². The second kappa shape index (κ2) is 8.45. The Morgan fingerprint density at radius 3 is 2.68 bits per heavy atom. The maximum absolute atomic E-state index is 12.7. The van der Waals surface area contributed by atoms with Crippen molar-refractivity contribution >= 4 is 11.8 Å². The quantitative estimate of drug-likeness (QED) is 0.756. The number of carbonyl (C=O) groups excluding carboxylic acids is 2. The minimum atomic E-state index is -0.520. The highest BCUT2D eigenvalue weighted by atomic mass is 16.5. The maximum atomic E-state index is 12.7. The molecular weight excluding hydrogens is 356 g/mol. The number of fused-ring (bicyclic) bond motifs is 1. The van der Waals surface area contributed by atoms with Gasteiger partial charge in [0.15, 0.2) is 0 Å². The Labute approximate surface area is 165 Å². The van der Waals surface area contributed by atoms with Crippen LogP contribution in [0.25, 0.3) is 0 Å². The predicted octanol–water partition coefficient (Wildman–Crippen LogP) is 1.56. The average molecular weight is 384 g/mol. The number of hydrogen-bond acceptors (Lipinski definition) is 4. The van der Waals surface area contributed by atoms with E-state index in [9.17, 15) is 14.7 Å². The predicted molar refractivity (Wildman–Crippen MR) is 104 cm³/mol. The van der Waals surface area contributed by atoms with Crippen LogP contribution in [-0.4, -0.2) is 53.2 Å². The topological polar surface area (TPSA) is 78.9 Å². The molecular formula is C22H28N2O4. The molecule has 0 saturated heterocycles. The van der Waals surface area contributed by atoms with Crippen LogP contribution in [0.1, 0.15) is 36.8 Å². The van der Waals surface area contributed by atoms with Crippen LogP contribution in [0.3, 0.4) is 0 Å². The third-order valence-electron chi connectivity index (χ3n) is 6.11. The molecule has 0 aromatic heterocycles. The largest absolute Gasteiger partial charge is 0.394 e. The lowest BCUT2D eigenvalue weighted by molar-refractivity contribution is -0.138. The van der Waals surface area contributed by atoms with Gasteiger partial charge in [0.05, 0.1) is 25.2 Å². The first-order chi connectivity index (χ1) is 13.6. The number of ether oxygens (including phenoxy) is 1. The zero-order chi connectivity index (χ0) is 19.5. The van der Waals surface area contributed by atoms with Gasteiger partial charge in [-0.15, -0.1) is 0 Å². The SMILES string of the molecule is O=C(N[C@@H]1C=C[C@@H](CC(=O)N2CCc3ccccc3C2)O[C@@H]1CO)C1CCC1. The zero-order valence-corrected chi connectivity index (χ0v) is 16.0. The van der Waals surface area contributed by atoms with Crippen molar-refractivity contribution in [2.24, 2.45) is 5.92 Å². The summed E-state index contributed by atoms with van der Waals surface area (Å²) in [6.07, 6.45) is 6.90. The summed E-state index contributed by atoms with van der Waals surface area (Å²) in [5, 5.41) is 12.7. The fraction of sp³-hybridized carbons (Fsp3) is 0.545. The number of amides is 2. The first-order valence-corrected chi connectivity index (χ1v) is 10.2. The molecule has 2 N–H and O–H groups in total. The van der Waals surface area contributed by atoms with Gasteiger partial charge in [0.2, 0.25) is 11.8 Å². The molecule has 3 atom stereocenters. The number of nitrogens with zero attached hydrogens (tertiary/aromatic N) is 1. The van der Waals surface area contributed by atoms with Crippen LogP contribution >= 0.6 is 0 Å². The van der Waals surface area contributed by atoms with Crippen molar-refractivity contribution in [3.63, 3.8) is 0 Å². The third kappa shape index (κ3) is 4.13. The Morgan fingerprint density at radius 1 is 1.18 bits per heavy atom. The zero-order valence-electron chi connectivity index (χ0n) is 16.0. The Hall–Kier alpha value is -2.18. The van der Waals surface area contributed by atoms with Crippen molar-refractivity contribution in [2.45, 2.75) is 56.9 Å². The Bertz CT molecular complexity index is 759. The van der Waals surface area contributed by atoms with E-state index in [0.29, 0.717) is 6.54 Å². The van der Waals surface area contributed by atoms with E-state index >= 15 is 0 Å². The summed E-state index contributed by atoms with van der Waals surface area (Å²) in [4.78, 5) is 26.8. The highest BCUT2D eigenvalue weighted by molar-refractivity contribution is 5.80. The minimum absolute atomic E-state index is 0.0319. The van der Waals surface area contributed by atoms with Crippen LogP contribution < -0.4 is 5.32 Å². The van der Waals surface area contributed by atoms with Gasteiger partial charge in [0.1, 0.15) is 6.10 Å². The highest BCUT2D eigenvalue weighted by Crippen LogP contribution is 2.27. The van der Waals surface area contributed by atoms with Crippen molar-refractivity contribution in [1.29, 1.82) is 0 Å². The van der Waals surface area contributed by atoms with Crippen LogP contribution in [0.5, 0.6) is 0 Å². The van der Waals surface area contributed by atoms with Crippen molar-refractivity contribution in [1.82, 2.24) is 10.2 Å². The number of aliphatic hydroxyl groups is 1. The lowest BCUT2D eigenvalue weighted by Crippen LogP contribution is -2.51. The molecule has 0 radical (unpaired) electrons. The van der Waals surface area contributed by atoms with E-state index in [1.165, 1.54) is 11.1 Å². The Kier molecular flexibility index (Phi) is 5.78. The van der Waals surface area contributed by atoms with Gasteiger partial charge in [-0.3, -0.25) is 9.59 Å². The van der Waals surface area contributed by atoms with E-state index in [4.69, 9.17) is 4.74 Å². The first kappa shape index (κ1) is 19.2. The van der Waals surface area contributed by atoms with Gasteiger partial charge in [-0.05, 0) is 30.4 Å². The van der Waals surface area contributed by atoms with Crippen molar-refractivity contribution in [3.05, 3.63) is 47.5 Å². The van der Waals surface area contributed by atoms with E-state index in [0.717, 1.165) is 32.2 Å². The van der Waals surface area contributed by atoms with Crippen molar-refractivity contribution in [2.75, 3.05) is 13.2 Å². The van der Waals surface area contributed by atoms with Crippen LogP contribution in [0, 0.1) is 5.92 Å². The molecule has 3 aliphatic rings. The molecule has 1 aromatic carbocycles. The molecule has 0 unspecified atom stereocenters. The maximum Gasteiger partial charge on any atom is 0.225 e. The van der Waals surface area contributed by atoms with E-state index in [1.807, 2.05) is 29.2 Å². The lowest BCUT2D eigenvalue weighted by Gasteiger charge is -2.35. The van der Waals surface area contributed by atoms with Gasteiger partial charge in [-0.25, -0.2) is 0 Å². The number of aliphatic hydroxyl groups excluding tert-OH is 1. The van der Waals surface area contributed by atoms with Crippen molar-refractivity contribution < 1.29 is 19.4 Å². The minimum Gasteiger partial charge on any atom is -0.394 e. The molecule has 1 fully saturated rings. The molecule has 28 heavy (non-hydrogen) atoms. The number of carbonyl (C=O) groups is 2. The van der Waals surface area contributed by atoms with E-state index < -0.39 is 6.10 Å². The summed E-state index contributed by atoms with van der Waals surface area (Å²) in [5.74, 6) is 0.177. The molecule has 2 aliphatic heterocycles. The molecule has 150 valence electrons. The third-order valence-corrected chi connectivity index (χ3v) is 6.11. The molecule has 2 amide bonds. The normalized spacial score (nSPS) is 27.0. The summed E-state index contributed by atoms with van der Waals surface area (Å²) in [7, 11) is 0. The Balaban J connectivity index is 1.33. The summed E-state index contributed by atoms with van der Waals surface area (Å²) in [5.41, 5.74) is 2.51. The molecule has 2 heterocycles. The van der Waals surface area contributed by atoms with E-state index in [2.05, 4.69) is 17.4 Å². The second-order valence-electron chi connectivity index (χ2n) is 7.98. The van der Waals surface area contributed by atoms with Crippen LogP contribution in [0.2, 0.25) is 0 Å². The van der Waals surface area contributed by atoms with E-state index in [1.54, 1.807) is 0 Å². The number of rotatable bonds is 5. The highest BCUT2D eigenvalue weighted by Gasteiger charge is 2.33. The van der Waals surface area contributed by atoms with Crippen LogP contribution in [-0.2, 0) is 27.3 Å². The smallest absolute Gasteiger partial charge is 0.225 e. The summed E-state index contributed by atoms with van der Waals surface area (Å²) in [6.45, 7) is 1.16. The average Bonchev–Trinajstić information content (AvgIpc) is 2.67. The van der Waals surface area contributed by atoms with Gasteiger partial charge in [0, 0.05) is 19.0 Å². The van der Waals surface area contributed by atoms with Gasteiger partial charge >= 0.3 is 0 Å². The molecule has 1 aromatic rings. The number of nitrogens with one attached hydrogen (secondary N) is 1. The van der Waals surface area contributed by atoms with Gasteiger partial charge in [-0.1, -0.05) is 42.8 Å². The van der Waals surface area contributed by atoms with Crippen LogP contribution in [0.15, 0.2) is 36.4 Å². The Morgan fingerprint density at radius 2 is 1.96 bits per heavy atom. The van der Waals surface area contributed by atoms with Gasteiger partial charge in [-0.2, -0.15) is 0 Å². The second-order valence-corrected chi connectivity index (χ2v) is 7.98. The summed E-state index contributed by atoms with van der Waals surface area (Å²) < 4.78 is 5.91. The standard InChI is InChI=1S/C22H28N2O4/c25-14-20-19(23-22(27)16-6-3-7-16)9-8-18(28-20)12-21(26)24-11-10-15-4-1-2-5-17(15)13-24/h1-2,4-5,8-9,16,18-20,25H,3,6-7,10-14H2,(H,23,27)/t18-,19+,20+/m0/s1. The fourth-order valence-electron chi connectivity index (χ4n) is 4.10. The van der Waals surface area contributed by atoms with Crippen LogP contribution in [0.4, 0.5) is 0 Å². The monoisotopic (exact) mass is 384 g/mol. The number of benzene rings is 1. The molecule has 1 aliphatic carbocycles. The molecule has 6 heteroatoms. The first-order valence-electron chi connectivity index (χ1n) is 10.2. The summed E-state index contributed by atoms with van der Waals surface area (Å²) in [6, 6.07) is 7.89. The fourth-order valence-corrected chi connectivity index (χ4v) is 4.10. The van der Waals surface area contributed by atoms with Gasteiger partial charge < -0.3 is 20.1 Å². The number of hydrogen-bond donors (Lipinski definition) is 2. The molecule has 0 bridgehead atoms. The molecule has 4 rings (SSSR count). The lowest BCUT2D eigenvalue weighted by atomic mass is 9.84. The molecule has 6 nitrogen and oxygen atoms in total. The molecule has 1 saturated carbocycles. The molecule has 0 spiro atoms.